The highest BCUT2D eigenvalue weighted by Crippen LogP contribution is 2.33. The van der Waals surface area contributed by atoms with Crippen LogP contribution in [0.4, 0.5) is 24.5 Å². The lowest BCUT2D eigenvalue weighted by Gasteiger charge is -2.14. The average molecular weight is 402 g/mol. The van der Waals surface area contributed by atoms with Crippen LogP contribution in [-0.2, 0) is 13.2 Å². The van der Waals surface area contributed by atoms with Crippen LogP contribution in [0.2, 0.25) is 0 Å². The number of anilines is 2. The first-order valence-corrected chi connectivity index (χ1v) is 9.01. The molecule has 3 rings (SSSR count). The van der Waals surface area contributed by atoms with Crippen molar-refractivity contribution in [3.05, 3.63) is 66.1 Å². The van der Waals surface area contributed by atoms with E-state index in [0.29, 0.717) is 28.2 Å². The molecule has 2 N–H and O–H groups in total. The standard InChI is InChI=1S/C21H21F3N4O/c1-13(2)26-20(29)14-4-9-18(17(10-14)19-11-28(3)12-25-19)27-16-7-5-15(6-8-16)21(22,23)24/h4-13,27H,1-3H3,(H,26,29). The van der Waals surface area contributed by atoms with E-state index in [1.807, 2.05) is 20.9 Å². The van der Waals surface area contributed by atoms with E-state index >= 15 is 0 Å². The van der Waals surface area contributed by atoms with Crippen molar-refractivity contribution in [2.24, 2.45) is 7.05 Å². The Labute approximate surface area is 166 Å². The van der Waals surface area contributed by atoms with Gasteiger partial charge in [0, 0.05) is 41.8 Å². The molecule has 0 fully saturated rings. The number of alkyl halides is 3. The summed E-state index contributed by atoms with van der Waals surface area (Å²) >= 11 is 0. The molecular formula is C21H21F3N4O. The number of benzene rings is 2. The number of amides is 1. The fourth-order valence-corrected chi connectivity index (χ4v) is 2.80. The maximum atomic E-state index is 12.8. The Morgan fingerprint density at radius 1 is 1.10 bits per heavy atom. The van der Waals surface area contributed by atoms with Crippen molar-refractivity contribution in [2.75, 3.05) is 5.32 Å². The van der Waals surface area contributed by atoms with E-state index in [1.165, 1.54) is 12.1 Å². The molecule has 2 aromatic carbocycles. The molecule has 1 heterocycles. The van der Waals surface area contributed by atoms with Gasteiger partial charge in [-0.1, -0.05) is 0 Å². The number of nitrogens with one attached hydrogen (secondary N) is 2. The van der Waals surface area contributed by atoms with Crippen LogP contribution in [0.5, 0.6) is 0 Å². The fraction of sp³-hybridized carbons (Fsp3) is 0.238. The predicted octanol–water partition coefficient (Wildman–Crippen LogP) is 4.99. The van der Waals surface area contributed by atoms with Gasteiger partial charge in [0.1, 0.15) is 0 Å². The molecule has 0 bridgehead atoms. The summed E-state index contributed by atoms with van der Waals surface area (Å²) in [4.78, 5) is 16.7. The van der Waals surface area contributed by atoms with Crippen LogP contribution in [-0.4, -0.2) is 21.5 Å². The van der Waals surface area contributed by atoms with Gasteiger partial charge in [-0.3, -0.25) is 4.79 Å². The van der Waals surface area contributed by atoms with E-state index in [1.54, 1.807) is 35.3 Å². The van der Waals surface area contributed by atoms with Gasteiger partial charge in [0.2, 0.25) is 0 Å². The highest BCUT2D eigenvalue weighted by Gasteiger charge is 2.30. The number of rotatable bonds is 5. The van der Waals surface area contributed by atoms with E-state index in [2.05, 4.69) is 15.6 Å². The molecule has 0 saturated heterocycles. The zero-order valence-electron chi connectivity index (χ0n) is 16.2. The van der Waals surface area contributed by atoms with Crippen LogP contribution in [0.1, 0.15) is 29.8 Å². The molecule has 0 aliphatic carbocycles. The number of hydrogen-bond donors (Lipinski definition) is 2. The molecule has 1 aromatic heterocycles. The first-order chi connectivity index (χ1) is 13.6. The number of carbonyl (C=O) groups excluding carboxylic acids is 1. The molecule has 0 saturated carbocycles. The largest absolute Gasteiger partial charge is 0.416 e. The van der Waals surface area contributed by atoms with Gasteiger partial charge in [-0.25, -0.2) is 4.98 Å². The second kappa shape index (κ2) is 7.98. The Morgan fingerprint density at radius 3 is 2.34 bits per heavy atom. The number of halogens is 3. The van der Waals surface area contributed by atoms with Crippen LogP contribution in [0.3, 0.4) is 0 Å². The molecule has 0 aliphatic heterocycles. The number of aromatic nitrogens is 2. The number of aryl methyl sites for hydroxylation is 1. The minimum atomic E-state index is -4.39. The lowest BCUT2D eigenvalue weighted by molar-refractivity contribution is -0.137. The van der Waals surface area contributed by atoms with Crippen molar-refractivity contribution in [1.82, 2.24) is 14.9 Å². The maximum Gasteiger partial charge on any atom is 0.416 e. The van der Waals surface area contributed by atoms with Crippen molar-refractivity contribution in [1.29, 1.82) is 0 Å². The third-order valence-electron chi connectivity index (χ3n) is 4.17. The zero-order valence-corrected chi connectivity index (χ0v) is 16.2. The lowest BCUT2D eigenvalue weighted by atomic mass is 10.0. The monoisotopic (exact) mass is 402 g/mol. The molecule has 3 aromatic rings. The summed E-state index contributed by atoms with van der Waals surface area (Å²) in [6, 6.07) is 9.86. The van der Waals surface area contributed by atoms with Gasteiger partial charge in [0.25, 0.3) is 5.91 Å². The summed E-state index contributed by atoms with van der Waals surface area (Å²) in [5, 5.41) is 5.96. The summed E-state index contributed by atoms with van der Waals surface area (Å²) in [6.07, 6.45) is -0.946. The molecule has 0 aliphatic rings. The maximum absolute atomic E-state index is 12.8. The second-order valence-electron chi connectivity index (χ2n) is 7.01. The van der Waals surface area contributed by atoms with E-state index < -0.39 is 11.7 Å². The average Bonchev–Trinajstić information content (AvgIpc) is 3.07. The van der Waals surface area contributed by atoms with Gasteiger partial charge in [0.15, 0.2) is 0 Å². The Balaban J connectivity index is 1.96. The second-order valence-corrected chi connectivity index (χ2v) is 7.01. The molecule has 1 amide bonds. The molecule has 5 nitrogen and oxygen atoms in total. The Kier molecular flexibility index (Phi) is 5.63. The van der Waals surface area contributed by atoms with Crippen LogP contribution in [0.15, 0.2) is 55.0 Å². The Morgan fingerprint density at radius 2 is 1.79 bits per heavy atom. The third kappa shape index (κ3) is 4.96. The van der Waals surface area contributed by atoms with Crippen LogP contribution in [0, 0.1) is 0 Å². The molecule has 0 atom stereocenters. The molecule has 0 unspecified atom stereocenters. The van der Waals surface area contributed by atoms with Crippen molar-refractivity contribution in [3.8, 4) is 11.3 Å². The number of nitrogens with zero attached hydrogens (tertiary/aromatic N) is 2. The molecule has 0 radical (unpaired) electrons. The van der Waals surface area contributed by atoms with Gasteiger partial charge < -0.3 is 15.2 Å². The normalized spacial score (nSPS) is 11.6. The molecular weight excluding hydrogens is 381 g/mol. The zero-order chi connectivity index (χ0) is 21.2. The highest BCUT2D eigenvalue weighted by atomic mass is 19.4. The quantitative estimate of drug-likeness (QED) is 0.632. The van der Waals surface area contributed by atoms with Crippen LogP contribution >= 0.6 is 0 Å². The SMILES string of the molecule is CC(C)NC(=O)c1ccc(Nc2ccc(C(F)(F)F)cc2)c(-c2cn(C)cn2)c1. The van der Waals surface area contributed by atoms with Gasteiger partial charge in [-0.2, -0.15) is 13.2 Å². The number of carbonyl (C=O) groups is 1. The van der Waals surface area contributed by atoms with E-state index in [0.717, 1.165) is 12.1 Å². The summed E-state index contributed by atoms with van der Waals surface area (Å²) in [7, 11) is 1.83. The van der Waals surface area contributed by atoms with Crippen LogP contribution in [0.25, 0.3) is 11.3 Å². The van der Waals surface area contributed by atoms with Crippen molar-refractivity contribution in [3.63, 3.8) is 0 Å². The summed E-state index contributed by atoms with van der Waals surface area (Å²) < 4.78 is 40.1. The van der Waals surface area contributed by atoms with Crippen molar-refractivity contribution in [2.45, 2.75) is 26.1 Å². The smallest absolute Gasteiger partial charge is 0.355 e. The number of imidazole rings is 1. The molecule has 8 heteroatoms. The molecule has 29 heavy (non-hydrogen) atoms. The lowest BCUT2D eigenvalue weighted by Crippen LogP contribution is -2.30. The summed E-state index contributed by atoms with van der Waals surface area (Å²) in [5.41, 5.74) is 2.19. The van der Waals surface area contributed by atoms with Crippen molar-refractivity contribution < 1.29 is 18.0 Å². The van der Waals surface area contributed by atoms with E-state index in [-0.39, 0.29) is 11.9 Å². The van der Waals surface area contributed by atoms with Gasteiger partial charge in [0.05, 0.1) is 17.6 Å². The Bertz CT molecular complexity index is 1010. The minimum Gasteiger partial charge on any atom is -0.355 e. The fourth-order valence-electron chi connectivity index (χ4n) is 2.80. The first kappa shape index (κ1) is 20.4. The summed E-state index contributed by atoms with van der Waals surface area (Å²) in [5.74, 6) is -0.210. The topological polar surface area (TPSA) is 59.0 Å². The molecule has 152 valence electrons. The van der Waals surface area contributed by atoms with E-state index in [4.69, 9.17) is 0 Å². The molecule has 0 spiro atoms. The first-order valence-electron chi connectivity index (χ1n) is 9.01. The predicted molar refractivity (Wildman–Crippen MR) is 106 cm³/mol. The minimum absolute atomic E-state index is 0.00857. The number of hydrogen-bond acceptors (Lipinski definition) is 3. The van der Waals surface area contributed by atoms with Gasteiger partial charge in [-0.05, 0) is 56.3 Å². The summed E-state index contributed by atoms with van der Waals surface area (Å²) in [6.45, 7) is 3.75. The van der Waals surface area contributed by atoms with E-state index in [9.17, 15) is 18.0 Å². The highest BCUT2D eigenvalue weighted by molar-refractivity contribution is 5.97. The van der Waals surface area contributed by atoms with Crippen LogP contribution < -0.4 is 10.6 Å². The Hall–Kier alpha value is -3.29. The third-order valence-corrected chi connectivity index (χ3v) is 4.17. The van der Waals surface area contributed by atoms with Gasteiger partial charge >= 0.3 is 6.18 Å². The van der Waals surface area contributed by atoms with Crippen molar-refractivity contribution >= 4 is 17.3 Å². The van der Waals surface area contributed by atoms with Gasteiger partial charge in [-0.15, -0.1) is 0 Å².